The monoisotopic (exact) mass is 357 g/mol. The van der Waals surface area contributed by atoms with Crippen LogP contribution in [0, 0.1) is 12.7 Å². The Labute approximate surface area is 150 Å². The molecule has 0 spiro atoms. The summed E-state index contributed by atoms with van der Waals surface area (Å²) >= 11 is 5.80. The Bertz CT molecular complexity index is 887. The summed E-state index contributed by atoms with van der Waals surface area (Å²) in [6, 6.07) is 12.5. The Balaban J connectivity index is 1.88. The van der Waals surface area contributed by atoms with E-state index in [0.717, 1.165) is 17.8 Å². The number of nitrogens with one attached hydrogen (secondary N) is 1. The van der Waals surface area contributed by atoms with Crippen LogP contribution in [0.15, 0.2) is 48.7 Å². The fraction of sp³-hybridized carbons (Fsp3) is 0.167. The Morgan fingerprint density at radius 3 is 2.76 bits per heavy atom. The first-order chi connectivity index (χ1) is 12.1. The SMILES string of the molecule is CCN(c1cccc(C)c1)c1cnnc(Nc2ccc(F)c(Cl)c2)n1. The van der Waals surface area contributed by atoms with Crippen molar-refractivity contribution < 1.29 is 4.39 Å². The van der Waals surface area contributed by atoms with Crippen LogP contribution in [-0.2, 0) is 0 Å². The van der Waals surface area contributed by atoms with E-state index < -0.39 is 5.82 Å². The number of hydrogen-bond acceptors (Lipinski definition) is 5. The van der Waals surface area contributed by atoms with Crippen molar-refractivity contribution in [1.29, 1.82) is 0 Å². The molecule has 3 rings (SSSR count). The van der Waals surface area contributed by atoms with Gasteiger partial charge < -0.3 is 10.2 Å². The highest BCUT2D eigenvalue weighted by molar-refractivity contribution is 6.31. The summed E-state index contributed by atoms with van der Waals surface area (Å²) in [6.45, 7) is 4.81. The number of nitrogens with zero attached hydrogens (tertiary/aromatic N) is 4. The summed E-state index contributed by atoms with van der Waals surface area (Å²) in [7, 11) is 0. The van der Waals surface area contributed by atoms with E-state index in [1.54, 1.807) is 12.3 Å². The van der Waals surface area contributed by atoms with Crippen LogP contribution in [0.3, 0.4) is 0 Å². The Hall–Kier alpha value is -2.73. The van der Waals surface area contributed by atoms with Crippen molar-refractivity contribution in [1.82, 2.24) is 15.2 Å². The number of hydrogen-bond donors (Lipinski definition) is 1. The van der Waals surface area contributed by atoms with E-state index in [2.05, 4.69) is 26.6 Å². The van der Waals surface area contributed by atoms with E-state index in [1.165, 1.54) is 12.1 Å². The summed E-state index contributed by atoms with van der Waals surface area (Å²) in [5.74, 6) is 0.502. The van der Waals surface area contributed by atoms with Gasteiger partial charge in [0.05, 0.1) is 11.2 Å². The van der Waals surface area contributed by atoms with E-state index in [-0.39, 0.29) is 5.02 Å². The Morgan fingerprint density at radius 1 is 1.20 bits per heavy atom. The summed E-state index contributed by atoms with van der Waals surface area (Å²) in [5, 5.41) is 11.0. The molecule has 2 aromatic carbocycles. The van der Waals surface area contributed by atoms with Crippen LogP contribution in [0.25, 0.3) is 0 Å². The molecule has 1 N–H and O–H groups in total. The topological polar surface area (TPSA) is 53.9 Å². The summed E-state index contributed by atoms with van der Waals surface area (Å²) in [5.41, 5.74) is 2.78. The molecule has 1 heterocycles. The van der Waals surface area contributed by atoms with Gasteiger partial charge in [-0.15, -0.1) is 5.10 Å². The highest BCUT2D eigenvalue weighted by Gasteiger charge is 2.11. The third kappa shape index (κ3) is 4.03. The molecule has 25 heavy (non-hydrogen) atoms. The van der Waals surface area contributed by atoms with E-state index >= 15 is 0 Å². The van der Waals surface area contributed by atoms with Gasteiger partial charge in [0.2, 0.25) is 5.95 Å². The van der Waals surface area contributed by atoms with Crippen LogP contribution in [0.5, 0.6) is 0 Å². The second-order valence-electron chi connectivity index (χ2n) is 5.48. The number of rotatable bonds is 5. The second-order valence-corrected chi connectivity index (χ2v) is 5.88. The molecule has 0 bridgehead atoms. The molecule has 5 nitrogen and oxygen atoms in total. The average molecular weight is 358 g/mol. The fourth-order valence-electron chi connectivity index (χ4n) is 2.45. The van der Waals surface area contributed by atoms with E-state index in [0.29, 0.717) is 17.5 Å². The van der Waals surface area contributed by atoms with Crippen LogP contribution < -0.4 is 10.2 Å². The summed E-state index contributed by atoms with van der Waals surface area (Å²) in [6.07, 6.45) is 1.61. The van der Waals surface area contributed by atoms with E-state index in [9.17, 15) is 4.39 Å². The molecule has 0 radical (unpaired) electrons. The third-order valence-electron chi connectivity index (χ3n) is 3.63. The smallest absolute Gasteiger partial charge is 0.249 e. The molecule has 1 aromatic heterocycles. The zero-order chi connectivity index (χ0) is 17.8. The standard InChI is InChI=1S/C18H17ClFN5/c1-3-25(14-6-4-5-12(2)9-14)17-11-21-24-18(23-17)22-13-7-8-16(20)15(19)10-13/h4-11H,3H2,1-2H3,(H,22,23,24). The van der Waals surface area contributed by atoms with Gasteiger partial charge in [0.1, 0.15) is 5.82 Å². The highest BCUT2D eigenvalue weighted by Crippen LogP contribution is 2.25. The number of halogens is 2. The zero-order valence-electron chi connectivity index (χ0n) is 13.9. The van der Waals surface area contributed by atoms with Gasteiger partial charge in [-0.1, -0.05) is 23.7 Å². The minimum Gasteiger partial charge on any atom is -0.325 e. The van der Waals surface area contributed by atoms with Crippen molar-refractivity contribution in [2.45, 2.75) is 13.8 Å². The summed E-state index contributed by atoms with van der Waals surface area (Å²) < 4.78 is 13.3. The summed E-state index contributed by atoms with van der Waals surface area (Å²) in [4.78, 5) is 6.53. The number of benzene rings is 2. The molecule has 3 aromatic rings. The minimum absolute atomic E-state index is 0.0315. The molecular formula is C18H17ClFN5. The predicted octanol–water partition coefficient (Wildman–Crippen LogP) is 4.87. The number of aromatic nitrogens is 3. The van der Waals surface area contributed by atoms with E-state index in [4.69, 9.17) is 11.6 Å². The van der Waals surface area contributed by atoms with E-state index in [1.807, 2.05) is 36.9 Å². The van der Waals surface area contributed by atoms with Crippen molar-refractivity contribution in [2.75, 3.05) is 16.8 Å². The number of anilines is 4. The zero-order valence-corrected chi connectivity index (χ0v) is 14.6. The van der Waals surface area contributed by atoms with Gasteiger partial charge in [0.15, 0.2) is 5.82 Å². The first kappa shape index (κ1) is 17.1. The van der Waals surface area contributed by atoms with Crippen molar-refractivity contribution in [2.24, 2.45) is 0 Å². The van der Waals surface area contributed by atoms with Gasteiger partial charge in [-0.25, -0.2) is 4.39 Å². The molecule has 0 atom stereocenters. The quantitative estimate of drug-likeness (QED) is 0.705. The molecule has 0 aliphatic heterocycles. The van der Waals surface area contributed by atoms with Crippen LogP contribution in [0.4, 0.5) is 27.5 Å². The van der Waals surface area contributed by atoms with Crippen LogP contribution in [0.2, 0.25) is 5.02 Å². The molecule has 0 saturated heterocycles. The maximum absolute atomic E-state index is 13.3. The van der Waals surface area contributed by atoms with Gasteiger partial charge in [-0.05, 0) is 49.7 Å². The lowest BCUT2D eigenvalue weighted by molar-refractivity contribution is 0.628. The minimum atomic E-state index is -0.475. The molecule has 0 fully saturated rings. The largest absolute Gasteiger partial charge is 0.325 e. The fourth-order valence-corrected chi connectivity index (χ4v) is 2.63. The van der Waals surface area contributed by atoms with Crippen LogP contribution in [-0.4, -0.2) is 21.7 Å². The molecule has 7 heteroatoms. The Morgan fingerprint density at radius 2 is 2.04 bits per heavy atom. The van der Waals surface area contributed by atoms with Crippen LogP contribution >= 0.6 is 11.6 Å². The number of aryl methyl sites for hydroxylation is 1. The van der Waals surface area contributed by atoms with Crippen molar-refractivity contribution in [3.8, 4) is 0 Å². The van der Waals surface area contributed by atoms with Gasteiger partial charge in [0, 0.05) is 17.9 Å². The molecule has 0 aliphatic carbocycles. The highest BCUT2D eigenvalue weighted by atomic mass is 35.5. The lowest BCUT2D eigenvalue weighted by atomic mass is 10.2. The molecule has 0 amide bonds. The third-order valence-corrected chi connectivity index (χ3v) is 3.92. The first-order valence-electron chi connectivity index (χ1n) is 7.83. The lowest BCUT2D eigenvalue weighted by Gasteiger charge is -2.22. The normalized spacial score (nSPS) is 10.6. The van der Waals surface area contributed by atoms with Gasteiger partial charge in [-0.2, -0.15) is 10.1 Å². The Kier molecular flexibility index (Phi) is 5.09. The molecule has 0 unspecified atom stereocenters. The van der Waals surface area contributed by atoms with Crippen molar-refractivity contribution >= 4 is 34.7 Å². The van der Waals surface area contributed by atoms with Crippen molar-refractivity contribution in [3.63, 3.8) is 0 Å². The molecule has 128 valence electrons. The first-order valence-corrected chi connectivity index (χ1v) is 8.20. The molecule has 0 saturated carbocycles. The second kappa shape index (κ2) is 7.44. The van der Waals surface area contributed by atoms with Gasteiger partial charge in [0.25, 0.3) is 0 Å². The van der Waals surface area contributed by atoms with Crippen LogP contribution in [0.1, 0.15) is 12.5 Å². The lowest BCUT2D eigenvalue weighted by Crippen LogP contribution is -2.18. The van der Waals surface area contributed by atoms with Crippen molar-refractivity contribution in [3.05, 3.63) is 65.1 Å². The molecule has 0 aliphatic rings. The maximum atomic E-state index is 13.3. The average Bonchev–Trinajstić information content (AvgIpc) is 2.59. The maximum Gasteiger partial charge on any atom is 0.249 e. The predicted molar refractivity (Wildman–Crippen MR) is 98.4 cm³/mol. The van der Waals surface area contributed by atoms with Gasteiger partial charge in [-0.3, -0.25) is 0 Å². The molecular weight excluding hydrogens is 341 g/mol. The van der Waals surface area contributed by atoms with Gasteiger partial charge >= 0.3 is 0 Å².